The predicted octanol–water partition coefficient (Wildman–Crippen LogP) is 2.90. The van der Waals surface area contributed by atoms with Crippen LogP contribution in [0, 0.1) is 0 Å². The number of ether oxygens (including phenoxy) is 2. The molecule has 0 aliphatic heterocycles. The monoisotopic (exact) mass is 383 g/mol. The van der Waals surface area contributed by atoms with Gasteiger partial charge in [-0.2, -0.15) is 5.10 Å². The molecule has 0 fully saturated rings. The van der Waals surface area contributed by atoms with Crippen LogP contribution in [0.15, 0.2) is 54.6 Å². The number of para-hydroxylation sites is 1. The second-order valence-corrected chi connectivity index (χ2v) is 6.96. The Morgan fingerprint density at radius 3 is 2.57 bits per heavy atom. The minimum atomic E-state index is -1.12. The average Bonchev–Trinajstić information content (AvgIpc) is 3.05. The topological polar surface area (TPSA) is 85.6 Å². The van der Waals surface area contributed by atoms with E-state index in [4.69, 9.17) is 19.8 Å². The molecule has 7 nitrogen and oxygen atoms in total. The number of hydrogen-bond donors (Lipinski definition) is 2. The van der Waals surface area contributed by atoms with Crippen molar-refractivity contribution in [3.8, 4) is 0 Å². The minimum absolute atomic E-state index is 0.225. The lowest BCUT2D eigenvalue weighted by atomic mass is 10.1. The summed E-state index contributed by atoms with van der Waals surface area (Å²) in [4.78, 5) is 11.5. The summed E-state index contributed by atoms with van der Waals surface area (Å²) in [5.41, 5.74) is 3.57. The quantitative estimate of drug-likeness (QED) is 0.337. The van der Waals surface area contributed by atoms with Crippen LogP contribution in [-0.4, -0.2) is 39.7 Å². The number of carbonyl (C=O) groups is 1. The SMILES string of the molecule is CC(C)(OCCOCc1nn(Cc2ccccc2)c2ccccc12)C(=O)NO. The van der Waals surface area contributed by atoms with Crippen molar-refractivity contribution in [2.45, 2.75) is 32.6 Å². The van der Waals surface area contributed by atoms with Gasteiger partial charge in [-0.05, 0) is 25.5 Å². The molecule has 1 amide bonds. The van der Waals surface area contributed by atoms with E-state index in [9.17, 15) is 4.79 Å². The molecule has 0 aliphatic carbocycles. The maximum absolute atomic E-state index is 11.5. The lowest BCUT2D eigenvalue weighted by molar-refractivity contribution is -0.153. The molecule has 0 aliphatic rings. The highest BCUT2D eigenvalue weighted by Crippen LogP contribution is 2.20. The molecule has 7 heteroatoms. The molecule has 1 heterocycles. The summed E-state index contributed by atoms with van der Waals surface area (Å²) in [6.07, 6.45) is 0. The Morgan fingerprint density at radius 2 is 1.82 bits per heavy atom. The van der Waals surface area contributed by atoms with Crippen LogP contribution >= 0.6 is 0 Å². The van der Waals surface area contributed by atoms with Crippen molar-refractivity contribution in [1.82, 2.24) is 15.3 Å². The number of nitrogens with one attached hydrogen (secondary N) is 1. The Balaban J connectivity index is 1.61. The molecule has 0 radical (unpaired) electrons. The second kappa shape index (κ2) is 8.97. The Bertz CT molecular complexity index is 922. The zero-order chi connectivity index (χ0) is 20.0. The van der Waals surface area contributed by atoms with Crippen LogP contribution in [-0.2, 0) is 27.4 Å². The Hall–Kier alpha value is -2.74. The standard InChI is InChI=1S/C21H25N3O4/c1-21(2,20(25)23-26)28-13-12-27-15-18-17-10-6-7-11-19(17)24(22-18)14-16-8-4-3-5-9-16/h3-11,26H,12-15H2,1-2H3,(H,23,25). The van der Waals surface area contributed by atoms with E-state index in [0.29, 0.717) is 19.8 Å². The summed E-state index contributed by atoms with van der Waals surface area (Å²) in [6, 6.07) is 18.3. The van der Waals surface area contributed by atoms with Gasteiger partial charge in [-0.1, -0.05) is 48.5 Å². The van der Waals surface area contributed by atoms with Crippen molar-refractivity contribution >= 4 is 16.8 Å². The number of amides is 1. The minimum Gasteiger partial charge on any atom is -0.373 e. The van der Waals surface area contributed by atoms with Crippen LogP contribution < -0.4 is 5.48 Å². The maximum Gasteiger partial charge on any atom is 0.274 e. The lowest BCUT2D eigenvalue weighted by Crippen LogP contribution is -2.43. The normalized spacial score (nSPS) is 11.7. The predicted molar refractivity (Wildman–Crippen MR) is 105 cm³/mol. The first-order chi connectivity index (χ1) is 13.5. The number of carbonyl (C=O) groups excluding carboxylic acids is 1. The first-order valence-corrected chi connectivity index (χ1v) is 9.16. The van der Waals surface area contributed by atoms with Crippen molar-refractivity contribution < 1.29 is 19.5 Å². The molecular weight excluding hydrogens is 358 g/mol. The van der Waals surface area contributed by atoms with E-state index in [1.165, 1.54) is 5.56 Å². The fourth-order valence-corrected chi connectivity index (χ4v) is 2.90. The van der Waals surface area contributed by atoms with Gasteiger partial charge in [0.05, 0.1) is 37.6 Å². The highest BCUT2D eigenvalue weighted by molar-refractivity contribution is 5.83. The third kappa shape index (κ3) is 4.75. The lowest BCUT2D eigenvalue weighted by Gasteiger charge is -2.22. The molecule has 2 N–H and O–H groups in total. The van der Waals surface area contributed by atoms with E-state index in [1.54, 1.807) is 19.3 Å². The zero-order valence-electron chi connectivity index (χ0n) is 16.1. The first kappa shape index (κ1) is 20.0. The van der Waals surface area contributed by atoms with E-state index in [1.807, 2.05) is 47.1 Å². The highest BCUT2D eigenvalue weighted by Gasteiger charge is 2.27. The first-order valence-electron chi connectivity index (χ1n) is 9.16. The molecule has 0 saturated carbocycles. The molecule has 3 aromatic rings. The van der Waals surface area contributed by atoms with Crippen LogP contribution in [0.2, 0.25) is 0 Å². The number of hydrogen-bond acceptors (Lipinski definition) is 5. The molecule has 28 heavy (non-hydrogen) atoms. The van der Waals surface area contributed by atoms with E-state index in [2.05, 4.69) is 12.1 Å². The van der Waals surface area contributed by atoms with Crippen molar-refractivity contribution in [2.75, 3.05) is 13.2 Å². The average molecular weight is 383 g/mol. The van der Waals surface area contributed by atoms with Gasteiger partial charge < -0.3 is 9.47 Å². The summed E-state index contributed by atoms with van der Waals surface area (Å²) >= 11 is 0. The Kier molecular flexibility index (Phi) is 6.41. The van der Waals surface area contributed by atoms with E-state index >= 15 is 0 Å². The van der Waals surface area contributed by atoms with Crippen LogP contribution in [0.3, 0.4) is 0 Å². The van der Waals surface area contributed by atoms with Gasteiger partial charge in [0.25, 0.3) is 5.91 Å². The van der Waals surface area contributed by atoms with Crippen LogP contribution in [0.1, 0.15) is 25.1 Å². The summed E-state index contributed by atoms with van der Waals surface area (Å²) in [7, 11) is 0. The van der Waals surface area contributed by atoms with E-state index in [-0.39, 0.29) is 6.61 Å². The molecular formula is C21H25N3O4. The van der Waals surface area contributed by atoms with Gasteiger partial charge in [-0.3, -0.25) is 14.7 Å². The summed E-state index contributed by atoms with van der Waals surface area (Å²) in [5.74, 6) is -0.599. The molecule has 0 unspecified atom stereocenters. The number of aromatic nitrogens is 2. The largest absolute Gasteiger partial charge is 0.373 e. The van der Waals surface area contributed by atoms with Gasteiger partial charge in [0, 0.05) is 5.39 Å². The van der Waals surface area contributed by atoms with Gasteiger partial charge >= 0.3 is 0 Å². The molecule has 0 saturated heterocycles. The Morgan fingerprint density at radius 1 is 1.11 bits per heavy atom. The number of hydroxylamine groups is 1. The number of fused-ring (bicyclic) bond motifs is 1. The number of nitrogens with zero attached hydrogens (tertiary/aromatic N) is 2. The second-order valence-electron chi connectivity index (χ2n) is 6.96. The fraction of sp³-hybridized carbons (Fsp3) is 0.333. The highest BCUT2D eigenvalue weighted by atomic mass is 16.5. The van der Waals surface area contributed by atoms with Gasteiger partial charge in [-0.15, -0.1) is 0 Å². The van der Waals surface area contributed by atoms with Crippen molar-refractivity contribution in [2.24, 2.45) is 0 Å². The fourth-order valence-electron chi connectivity index (χ4n) is 2.90. The van der Waals surface area contributed by atoms with E-state index in [0.717, 1.165) is 16.6 Å². The van der Waals surface area contributed by atoms with Crippen molar-refractivity contribution in [3.05, 3.63) is 65.9 Å². The summed E-state index contributed by atoms with van der Waals surface area (Å²) in [5, 5.41) is 14.5. The molecule has 0 spiro atoms. The van der Waals surface area contributed by atoms with Crippen LogP contribution in [0.25, 0.3) is 10.9 Å². The molecule has 2 aromatic carbocycles. The van der Waals surface area contributed by atoms with Crippen LogP contribution in [0.5, 0.6) is 0 Å². The number of benzene rings is 2. The number of rotatable bonds is 9. The summed E-state index contributed by atoms with van der Waals surface area (Å²) in [6.45, 7) is 4.73. The summed E-state index contributed by atoms with van der Waals surface area (Å²) < 4.78 is 13.2. The smallest absolute Gasteiger partial charge is 0.274 e. The zero-order valence-corrected chi connectivity index (χ0v) is 16.1. The van der Waals surface area contributed by atoms with Gasteiger partial charge in [0.15, 0.2) is 0 Å². The van der Waals surface area contributed by atoms with E-state index < -0.39 is 11.5 Å². The van der Waals surface area contributed by atoms with Crippen molar-refractivity contribution in [3.63, 3.8) is 0 Å². The maximum atomic E-state index is 11.5. The van der Waals surface area contributed by atoms with Gasteiger partial charge in [0.2, 0.25) is 0 Å². The molecule has 3 rings (SSSR count). The van der Waals surface area contributed by atoms with Gasteiger partial charge in [0.1, 0.15) is 5.60 Å². The molecule has 0 bridgehead atoms. The molecule has 148 valence electrons. The molecule has 0 atom stereocenters. The van der Waals surface area contributed by atoms with Gasteiger partial charge in [-0.25, -0.2) is 5.48 Å². The Labute approximate surface area is 163 Å². The van der Waals surface area contributed by atoms with Crippen LogP contribution in [0.4, 0.5) is 0 Å². The third-order valence-electron chi connectivity index (χ3n) is 4.49. The van der Waals surface area contributed by atoms with Crippen molar-refractivity contribution in [1.29, 1.82) is 0 Å². The third-order valence-corrected chi connectivity index (χ3v) is 4.49. The molecule has 1 aromatic heterocycles.